The van der Waals surface area contributed by atoms with Crippen molar-refractivity contribution in [1.29, 1.82) is 0 Å². The third kappa shape index (κ3) is 3.14. The smallest absolute Gasteiger partial charge is 0.292 e. The minimum atomic E-state index is -0.425. The number of benzene rings is 2. The van der Waals surface area contributed by atoms with Gasteiger partial charge in [0.2, 0.25) is 0 Å². The van der Waals surface area contributed by atoms with Gasteiger partial charge in [0.05, 0.1) is 4.92 Å². The SMILES string of the molecule is O=C(c1ccccc1)c1ccc([N+](=O)[O-])c(NCC2CC2)c1. The number of ketones is 1. The van der Waals surface area contributed by atoms with Gasteiger partial charge in [0.15, 0.2) is 5.78 Å². The van der Waals surface area contributed by atoms with Crippen molar-refractivity contribution in [3.63, 3.8) is 0 Å². The molecule has 0 unspecified atom stereocenters. The normalized spacial score (nSPS) is 13.6. The molecule has 1 aliphatic rings. The van der Waals surface area contributed by atoms with Crippen LogP contribution in [0.3, 0.4) is 0 Å². The molecule has 0 bridgehead atoms. The van der Waals surface area contributed by atoms with Crippen molar-refractivity contribution >= 4 is 17.2 Å². The summed E-state index contributed by atoms with van der Waals surface area (Å²) in [5.41, 5.74) is 1.45. The van der Waals surface area contributed by atoms with Crippen LogP contribution in [0.15, 0.2) is 48.5 Å². The number of nitrogens with zero attached hydrogens (tertiary/aromatic N) is 1. The zero-order valence-corrected chi connectivity index (χ0v) is 12.0. The summed E-state index contributed by atoms with van der Waals surface area (Å²) in [6.45, 7) is 0.712. The van der Waals surface area contributed by atoms with Gasteiger partial charge in [-0.2, -0.15) is 0 Å². The van der Waals surface area contributed by atoms with Crippen LogP contribution in [0.5, 0.6) is 0 Å². The lowest BCUT2D eigenvalue weighted by Gasteiger charge is -2.08. The highest BCUT2D eigenvalue weighted by Crippen LogP contribution is 2.32. The van der Waals surface area contributed by atoms with Crippen LogP contribution in [0.1, 0.15) is 28.8 Å². The van der Waals surface area contributed by atoms with Gasteiger partial charge in [-0.25, -0.2) is 0 Å². The molecule has 3 rings (SSSR count). The first kappa shape index (κ1) is 14.3. The number of carbonyl (C=O) groups is 1. The highest BCUT2D eigenvalue weighted by Gasteiger charge is 2.23. The number of anilines is 1. The zero-order valence-electron chi connectivity index (χ0n) is 12.0. The average molecular weight is 296 g/mol. The summed E-state index contributed by atoms with van der Waals surface area (Å²) in [5, 5.41) is 14.2. The van der Waals surface area contributed by atoms with Crippen molar-refractivity contribution in [3.8, 4) is 0 Å². The van der Waals surface area contributed by atoms with Crippen LogP contribution >= 0.6 is 0 Å². The summed E-state index contributed by atoms with van der Waals surface area (Å²) in [4.78, 5) is 23.1. The van der Waals surface area contributed by atoms with E-state index in [-0.39, 0.29) is 11.5 Å². The van der Waals surface area contributed by atoms with Crippen LogP contribution < -0.4 is 5.32 Å². The van der Waals surface area contributed by atoms with Crippen molar-refractivity contribution in [2.75, 3.05) is 11.9 Å². The van der Waals surface area contributed by atoms with E-state index in [1.807, 2.05) is 6.07 Å². The molecule has 1 aliphatic carbocycles. The summed E-state index contributed by atoms with van der Waals surface area (Å²) < 4.78 is 0. The van der Waals surface area contributed by atoms with Crippen LogP contribution in [0.4, 0.5) is 11.4 Å². The Labute approximate surface area is 128 Å². The fourth-order valence-electron chi connectivity index (χ4n) is 2.31. The second kappa shape index (κ2) is 5.97. The molecule has 0 aromatic heterocycles. The van der Waals surface area contributed by atoms with Crippen LogP contribution in [0.2, 0.25) is 0 Å². The lowest BCUT2D eigenvalue weighted by atomic mass is 10.0. The second-order valence-electron chi connectivity index (χ2n) is 5.51. The highest BCUT2D eigenvalue weighted by molar-refractivity contribution is 6.09. The summed E-state index contributed by atoms with van der Waals surface area (Å²) in [6.07, 6.45) is 2.31. The Bertz CT molecular complexity index is 709. The van der Waals surface area contributed by atoms with E-state index in [9.17, 15) is 14.9 Å². The number of hydrogen-bond acceptors (Lipinski definition) is 4. The predicted octanol–water partition coefficient (Wildman–Crippen LogP) is 3.65. The molecule has 0 atom stereocenters. The molecule has 2 aromatic carbocycles. The molecule has 0 heterocycles. The van der Waals surface area contributed by atoms with Crippen molar-refractivity contribution in [3.05, 3.63) is 69.8 Å². The van der Waals surface area contributed by atoms with Gasteiger partial charge in [-0.3, -0.25) is 14.9 Å². The van der Waals surface area contributed by atoms with E-state index in [0.29, 0.717) is 29.3 Å². The van der Waals surface area contributed by atoms with Crippen molar-refractivity contribution in [2.24, 2.45) is 5.92 Å². The number of carbonyl (C=O) groups excluding carboxylic acids is 1. The molecule has 0 aliphatic heterocycles. The molecule has 2 aromatic rings. The largest absolute Gasteiger partial charge is 0.379 e. The maximum atomic E-state index is 12.4. The number of rotatable bonds is 6. The van der Waals surface area contributed by atoms with Crippen LogP contribution in [-0.2, 0) is 0 Å². The van der Waals surface area contributed by atoms with Gasteiger partial charge in [-0.1, -0.05) is 30.3 Å². The molecule has 1 fully saturated rings. The Morgan fingerprint density at radius 2 is 1.86 bits per heavy atom. The number of hydrogen-bond donors (Lipinski definition) is 1. The summed E-state index contributed by atoms with van der Waals surface area (Å²) >= 11 is 0. The third-order valence-corrected chi connectivity index (χ3v) is 3.77. The van der Waals surface area contributed by atoms with Gasteiger partial charge in [-0.15, -0.1) is 0 Å². The quantitative estimate of drug-likeness (QED) is 0.502. The van der Waals surface area contributed by atoms with Gasteiger partial charge in [0.25, 0.3) is 5.69 Å². The Morgan fingerprint density at radius 1 is 1.14 bits per heavy atom. The van der Waals surface area contributed by atoms with Crippen LogP contribution in [-0.4, -0.2) is 17.3 Å². The van der Waals surface area contributed by atoms with E-state index in [1.54, 1.807) is 30.3 Å². The van der Waals surface area contributed by atoms with E-state index < -0.39 is 4.92 Å². The molecule has 5 heteroatoms. The fraction of sp³-hybridized carbons (Fsp3) is 0.235. The van der Waals surface area contributed by atoms with Crippen molar-refractivity contribution in [2.45, 2.75) is 12.8 Å². The first-order chi connectivity index (χ1) is 10.6. The maximum Gasteiger partial charge on any atom is 0.292 e. The number of nitrogens with one attached hydrogen (secondary N) is 1. The highest BCUT2D eigenvalue weighted by atomic mass is 16.6. The number of nitro benzene ring substituents is 1. The minimum Gasteiger partial charge on any atom is -0.379 e. The van der Waals surface area contributed by atoms with E-state index in [4.69, 9.17) is 0 Å². The Kier molecular flexibility index (Phi) is 3.87. The lowest BCUT2D eigenvalue weighted by Crippen LogP contribution is -2.08. The van der Waals surface area contributed by atoms with Gasteiger partial charge >= 0.3 is 0 Å². The molecule has 0 radical (unpaired) electrons. The zero-order chi connectivity index (χ0) is 15.5. The Balaban J connectivity index is 1.89. The van der Waals surface area contributed by atoms with Gasteiger partial charge in [-0.05, 0) is 30.9 Å². The molecule has 0 saturated heterocycles. The van der Waals surface area contributed by atoms with E-state index in [0.717, 1.165) is 12.8 Å². The standard InChI is InChI=1S/C17H16N2O3/c20-17(13-4-2-1-3-5-13)14-8-9-16(19(21)22)15(10-14)18-11-12-6-7-12/h1-5,8-10,12,18H,6-7,11H2. The van der Waals surface area contributed by atoms with E-state index in [2.05, 4.69) is 5.32 Å². The lowest BCUT2D eigenvalue weighted by molar-refractivity contribution is -0.384. The molecule has 5 nitrogen and oxygen atoms in total. The molecular formula is C17H16N2O3. The topological polar surface area (TPSA) is 72.2 Å². The predicted molar refractivity (Wildman–Crippen MR) is 84.2 cm³/mol. The van der Waals surface area contributed by atoms with Gasteiger partial charge in [0, 0.05) is 23.7 Å². The molecule has 0 spiro atoms. The molecular weight excluding hydrogens is 280 g/mol. The van der Waals surface area contributed by atoms with Crippen molar-refractivity contribution < 1.29 is 9.72 Å². The second-order valence-corrected chi connectivity index (χ2v) is 5.51. The minimum absolute atomic E-state index is 0.00487. The first-order valence-electron chi connectivity index (χ1n) is 7.27. The molecule has 0 amide bonds. The maximum absolute atomic E-state index is 12.4. The summed E-state index contributed by atoms with van der Waals surface area (Å²) in [5.74, 6) is 0.457. The van der Waals surface area contributed by atoms with Gasteiger partial charge in [0.1, 0.15) is 5.69 Å². The number of nitro groups is 1. The molecule has 1 saturated carbocycles. The van der Waals surface area contributed by atoms with Crippen LogP contribution in [0.25, 0.3) is 0 Å². The average Bonchev–Trinajstić information content (AvgIpc) is 3.37. The molecule has 22 heavy (non-hydrogen) atoms. The Hall–Kier alpha value is -2.69. The van der Waals surface area contributed by atoms with Crippen LogP contribution in [0, 0.1) is 16.0 Å². The third-order valence-electron chi connectivity index (χ3n) is 3.77. The molecule has 112 valence electrons. The Morgan fingerprint density at radius 3 is 2.50 bits per heavy atom. The molecule has 1 N–H and O–H groups in total. The first-order valence-corrected chi connectivity index (χ1v) is 7.27. The monoisotopic (exact) mass is 296 g/mol. The fourth-order valence-corrected chi connectivity index (χ4v) is 2.31. The van der Waals surface area contributed by atoms with Gasteiger partial charge < -0.3 is 5.32 Å². The summed E-state index contributed by atoms with van der Waals surface area (Å²) in [6, 6.07) is 13.4. The van der Waals surface area contributed by atoms with E-state index in [1.165, 1.54) is 12.1 Å². The van der Waals surface area contributed by atoms with Crippen molar-refractivity contribution in [1.82, 2.24) is 0 Å². The summed E-state index contributed by atoms with van der Waals surface area (Å²) in [7, 11) is 0. The van der Waals surface area contributed by atoms with E-state index >= 15 is 0 Å².